The van der Waals surface area contributed by atoms with Gasteiger partial charge in [-0.25, -0.2) is 15.0 Å². The molecule has 10 rings (SSSR count). The van der Waals surface area contributed by atoms with Gasteiger partial charge in [-0.05, 0) is 70.4 Å². The zero-order valence-electron chi connectivity index (χ0n) is 28.8. The number of hydrogen-bond donors (Lipinski definition) is 0. The van der Waals surface area contributed by atoms with Crippen molar-refractivity contribution in [2.24, 2.45) is 0 Å². The molecule has 53 heavy (non-hydrogen) atoms. The van der Waals surface area contributed by atoms with E-state index in [4.69, 9.17) is 23.8 Å². The van der Waals surface area contributed by atoms with Gasteiger partial charge in [-0.2, -0.15) is 0 Å². The first-order valence-electron chi connectivity index (χ1n) is 17.7. The van der Waals surface area contributed by atoms with Gasteiger partial charge < -0.3 is 8.83 Å². The van der Waals surface area contributed by atoms with E-state index in [1.165, 1.54) is 16.2 Å². The molecular formula is C48H31N3O2. The second-order valence-electron chi connectivity index (χ2n) is 13.2. The number of aryl methyl sites for hydroxylation is 1. The van der Waals surface area contributed by atoms with Crippen LogP contribution in [0.4, 0.5) is 0 Å². The van der Waals surface area contributed by atoms with E-state index in [-0.39, 0.29) is 0 Å². The first-order valence-corrected chi connectivity index (χ1v) is 17.7. The summed E-state index contributed by atoms with van der Waals surface area (Å²) in [4.78, 5) is 15.2. The average molecular weight is 682 g/mol. The summed E-state index contributed by atoms with van der Waals surface area (Å²) in [5, 5.41) is 7.89. The number of allylic oxidation sites excluding steroid dienone is 2. The number of rotatable bonds is 6. The number of fused-ring (bicyclic) bond motifs is 7. The molecule has 5 nitrogen and oxygen atoms in total. The van der Waals surface area contributed by atoms with Crippen LogP contribution in [0.2, 0.25) is 0 Å². The fraction of sp³-hybridized carbons (Fsp3) is 0.0208. The number of nitrogens with zero attached hydrogens (tertiary/aromatic N) is 3. The SMILES string of the molecule is Cc1c(/C=C\C=C\c2ccc3c(c2)oc2cccc(-c4nc(-c5ccccc5)nc(-c5ccc6c(ccc7ccccc76)c5)n4)c23)oc2ccccc12. The van der Waals surface area contributed by atoms with E-state index in [2.05, 4.69) is 97.9 Å². The second kappa shape index (κ2) is 12.6. The summed E-state index contributed by atoms with van der Waals surface area (Å²) in [6.45, 7) is 2.09. The molecule has 0 atom stereocenters. The molecule has 0 aliphatic heterocycles. The Hall–Kier alpha value is -7.11. The predicted molar refractivity (Wildman–Crippen MR) is 217 cm³/mol. The van der Waals surface area contributed by atoms with Crippen LogP contribution in [-0.4, -0.2) is 15.0 Å². The van der Waals surface area contributed by atoms with Gasteiger partial charge >= 0.3 is 0 Å². The van der Waals surface area contributed by atoms with Crippen molar-refractivity contribution in [1.29, 1.82) is 0 Å². The molecule has 0 amide bonds. The number of furan rings is 2. The maximum Gasteiger partial charge on any atom is 0.164 e. The fourth-order valence-corrected chi connectivity index (χ4v) is 7.29. The van der Waals surface area contributed by atoms with Gasteiger partial charge in [0.2, 0.25) is 0 Å². The van der Waals surface area contributed by atoms with Gasteiger partial charge in [0, 0.05) is 38.4 Å². The van der Waals surface area contributed by atoms with Gasteiger partial charge in [-0.1, -0.05) is 133 Å². The van der Waals surface area contributed by atoms with Crippen LogP contribution >= 0.6 is 0 Å². The summed E-state index contributed by atoms with van der Waals surface area (Å²) >= 11 is 0. The largest absolute Gasteiger partial charge is 0.456 e. The maximum absolute atomic E-state index is 6.46. The Kier molecular flexibility index (Phi) is 7.29. The molecule has 0 fully saturated rings. The molecule has 0 aliphatic rings. The van der Waals surface area contributed by atoms with Crippen LogP contribution < -0.4 is 0 Å². The monoisotopic (exact) mass is 681 g/mol. The van der Waals surface area contributed by atoms with Crippen molar-refractivity contribution in [1.82, 2.24) is 15.0 Å². The number of benzene rings is 7. The van der Waals surface area contributed by atoms with Crippen LogP contribution in [0.15, 0.2) is 167 Å². The molecule has 0 spiro atoms. The van der Waals surface area contributed by atoms with E-state index in [1.54, 1.807) is 0 Å². The summed E-state index contributed by atoms with van der Waals surface area (Å²) in [5.74, 6) is 2.69. The van der Waals surface area contributed by atoms with Crippen molar-refractivity contribution < 1.29 is 8.83 Å². The molecule has 0 aliphatic carbocycles. The number of para-hydroxylation sites is 1. The zero-order valence-corrected chi connectivity index (χ0v) is 28.8. The van der Waals surface area contributed by atoms with Crippen LogP contribution in [0.5, 0.6) is 0 Å². The molecule has 250 valence electrons. The lowest BCUT2D eigenvalue weighted by molar-refractivity contribution is 0.601. The Balaban J connectivity index is 1.05. The highest BCUT2D eigenvalue weighted by Crippen LogP contribution is 2.38. The Bertz CT molecular complexity index is 3080. The fourth-order valence-electron chi connectivity index (χ4n) is 7.29. The second-order valence-corrected chi connectivity index (χ2v) is 13.2. The first-order chi connectivity index (χ1) is 26.2. The van der Waals surface area contributed by atoms with E-state index in [0.717, 1.165) is 71.9 Å². The predicted octanol–water partition coefficient (Wildman–Crippen LogP) is 12.9. The normalized spacial score (nSPS) is 12.1. The van der Waals surface area contributed by atoms with Crippen LogP contribution in [0.25, 0.3) is 101 Å². The molecule has 10 aromatic rings. The third-order valence-electron chi connectivity index (χ3n) is 9.96. The Morgan fingerprint density at radius 3 is 2.04 bits per heavy atom. The van der Waals surface area contributed by atoms with Crippen molar-refractivity contribution >= 4 is 66.6 Å². The Morgan fingerprint density at radius 1 is 0.453 bits per heavy atom. The van der Waals surface area contributed by atoms with Gasteiger partial charge in [0.15, 0.2) is 17.5 Å². The Labute approximate surface area is 305 Å². The summed E-state index contributed by atoms with van der Waals surface area (Å²) in [6, 6.07) is 49.8. The smallest absolute Gasteiger partial charge is 0.164 e. The van der Waals surface area contributed by atoms with Crippen LogP contribution in [0.3, 0.4) is 0 Å². The van der Waals surface area contributed by atoms with E-state index < -0.39 is 0 Å². The van der Waals surface area contributed by atoms with Crippen molar-refractivity contribution in [3.05, 3.63) is 175 Å². The zero-order chi connectivity index (χ0) is 35.3. The topological polar surface area (TPSA) is 65.0 Å². The van der Waals surface area contributed by atoms with Crippen LogP contribution in [-0.2, 0) is 0 Å². The summed E-state index contributed by atoms with van der Waals surface area (Å²) in [7, 11) is 0. The van der Waals surface area contributed by atoms with E-state index in [0.29, 0.717) is 17.5 Å². The third kappa shape index (κ3) is 5.47. The van der Waals surface area contributed by atoms with E-state index >= 15 is 0 Å². The van der Waals surface area contributed by atoms with E-state index in [1.807, 2.05) is 78.9 Å². The molecular weight excluding hydrogens is 651 g/mol. The quantitative estimate of drug-likeness (QED) is 0.129. The van der Waals surface area contributed by atoms with Gasteiger partial charge in [0.1, 0.15) is 22.5 Å². The highest BCUT2D eigenvalue weighted by Gasteiger charge is 2.18. The molecule has 5 heteroatoms. The number of hydrogen-bond acceptors (Lipinski definition) is 5. The lowest BCUT2D eigenvalue weighted by Gasteiger charge is -2.10. The van der Waals surface area contributed by atoms with Crippen molar-refractivity contribution in [2.45, 2.75) is 6.92 Å². The molecule has 0 bridgehead atoms. The molecule has 0 saturated heterocycles. The summed E-state index contributed by atoms with van der Waals surface area (Å²) in [6.07, 6.45) is 8.10. The molecule has 0 unspecified atom stereocenters. The van der Waals surface area contributed by atoms with Crippen molar-refractivity contribution in [2.75, 3.05) is 0 Å². The van der Waals surface area contributed by atoms with Crippen LogP contribution in [0, 0.1) is 6.92 Å². The number of aromatic nitrogens is 3. The lowest BCUT2D eigenvalue weighted by atomic mass is 10.00. The molecule has 7 aromatic carbocycles. The molecule has 3 heterocycles. The van der Waals surface area contributed by atoms with Gasteiger partial charge in [-0.3, -0.25) is 0 Å². The van der Waals surface area contributed by atoms with Crippen LogP contribution in [0.1, 0.15) is 16.9 Å². The molecule has 0 saturated carbocycles. The highest BCUT2D eigenvalue weighted by atomic mass is 16.3. The minimum absolute atomic E-state index is 0.593. The standard InChI is InChI=1S/C48H31N3O2/c1-30-36-16-8-10-20-42(36)52-41(30)19-9-5-12-31-22-26-39-44(28-31)53-43-21-11-18-40(45(39)43)48-50-46(33-14-3-2-4-15-33)49-47(51-48)35-25-27-38-34(29-35)24-23-32-13-6-7-17-37(32)38/h2-29H,1H3/b12-5+,19-9-. The first kappa shape index (κ1) is 30.7. The highest BCUT2D eigenvalue weighted by molar-refractivity contribution is 6.12. The van der Waals surface area contributed by atoms with E-state index in [9.17, 15) is 0 Å². The van der Waals surface area contributed by atoms with Gasteiger partial charge in [0.05, 0.1) is 0 Å². The van der Waals surface area contributed by atoms with Gasteiger partial charge in [-0.15, -0.1) is 0 Å². The minimum atomic E-state index is 0.593. The Morgan fingerprint density at radius 2 is 1.15 bits per heavy atom. The average Bonchev–Trinajstić information content (AvgIpc) is 3.75. The summed E-state index contributed by atoms with van der Waals surface area (Å²) < 4.78 is 12.5. The minimum Gasteiger partial charge on any atom is -0.456 e. The van der Waals surface area contributed by atoms with Gasteiger partial charge in [0.25, 0.3) is 0 Å². The lowest BCUT2D eigenvalue weighted by Crippen LogP contribution is -2.00. The maximum atomic E-state index is 6.46. The molecule has 0 N–H and O–H groups in total. The van der Waals surface area contributed by atoms with Crippen molar-refractivity contribution in [3.63, 3.8) is 0 Å². The van der Waals surface area contributed by atoms with Crippen molar-refractivity contribution in [3.8, 4) is 34.2 Å². The molecule has 0 radical (unpaired) electrons. The summed E-state index contributed by atoms with van der Waals surface area (Å²) in [5.41, 5.74) is 7.38. The molecule has 3 aromatic heterocycles. The third-order valence-corrected chi connectivity index (χ3v) is 9.96.